The molecule has 342 valence electrons. The Morgan fingerprint density at radius 1 is 0.754 bits per heavy atom. The molecule has 1 fully saturated rings. The van der Waals surface area contributed by atoms with E-state index in [4.69, 9.17) is 24.7 Å². The summed E-state index contributed by atoms with van der Waals surface area (Å²) in [5, 5.41) is 2.47. The molecule has 1 atom stereocenters. The summed E-state index contributed by atoms with van der Waals surface area (Å²) >= 11 is 3.52. The topological polar surface area (TPSA) is 117 Å². The first-order valence-electron chi connectivity index (χ1n) is 23.0. The van der Waals surface area contributed by atoms with E-state index in [0.717, 1.165) is 37.1 Å². The van der Waals surface area contributed by atoms with Gasteiger partial charge in [-0.3, -0.25) is 14.5 Å². The second-order valence-corrected chi connectivity index (χ2v) is 17.2. The number of hydrogen-bond donors (Lipinski definition) is 1. The number of nitrogens with two attached hydrogens (primary N) is 1. The van der Waals surface area contributed by atoms with Crippen molar-refractivity contribution in [2.75, 3.05) is 32.6 Å². The highest BCUT2D eigenvalue weighted by Crippen LogP contribution is 2.30. The van der Waals surface area contributed by atoms with Crippen molar-refractivity contribution in [1.29, 1.82) is 0 Å². The number of nitrogen functional groups attached to an aromatic ring is 1. The van der Waals surface area contributed by atoms with Crippen LogP contribution in [0.15, 0.2) is 59.1 Å². The van der Waals surface area contributed by atoms with Gasteiger partial charge in [0, 0.05) is 30.4 Å². The fourth-order valence-corrected chi connectivity index (χ4v) is 8.35. The maximum absolute atomic E-state index is 13.1. The van der Waals surface area contributed by atoms with Gasteiger partial charge in [-0.1, -0.05) is 161 Å². The third kappa shape index (κ3) is 21.8. The van der Waals surface area contributed by atoms with Gasteiger partial charge in [0.25, 0.3) is 0 Å². The molecule has 0 amide bonds. The van der Waals surface area contributed by atoms with Gasteiger partial charge in [-0.05, 0) is 82.3 Å². The summed E-state index contributed by atoms with van der Waals surface area (Å²) in [5.41, 5.74) is 8.26. The van der Waals surface area contributed by atoms with E-state index < -0.39 is 18.0 Å². The molecule has 1 aliphatic carbocycles. The number of halogens is 1. The molecule has 4 rings (SSSR count). The zero-order valence-corrected chi connectivity index (χ0v) is 38.9. The van der Waals surface area contributed by atoms with Gasteiger partial charge in [-0.25, -0.2) is 4.79 Å². The molecule has 1 aliphatic rings. The summed E-state index contributed by atoms with van der Waals surface area (Å²) in [4.78, 5) is 39.6. The number of methoxy groups -OCH3 is 1. The molecule has 3 aromatic carbocycles. The molecule has 0 aromatic heterocycles. The lowest BCUT2D eigenvalue weighted by Crippen LogP contribution is -2.36. The summed E-state index contributed by atoms with van der Waals surface area (Å²) in [6.45, 7) is 6.88. The Kier molecular flexibility index (Phi) is 28.2. The van der Waals surface area contributed by atoms with Crippen LogP contribution >= 0.6 is 15.9 Å². The van der Waals surface area contributed by atoms with Crippen LogP contribution < -0.4 is 10.5 Å². The first-order valence-corrected chi connectivity index (χ1v) is 23.8. The minimum absolute atomic E-state index is 0. The largest absolute Gasteiger partial charge is 0.497 e. The van der Waals surface area contributed by atoms with Crippen molar-refractivity contribution >= 4 is 50.3 Å². The Bertz CT molecular complexity index is 1680. The van der Waals surface area contributed by atoms with Gasteiger partial charge < -0.3 is 24.7 Å². The number of ether oxygens (including phenoxy) is 4. The van der Waals surface area contributed by atoms with Crippen molar-refractivity contribution in [3.63, 3.8) is 0 Å². The highest BCUT2D eigenvalue weighted by Gasteiger charge is 2.23. The fourth-order valence-electron chi connectivity index (χ4n) is 7.85. The number of nitrogens with zero attached hydrogens (tertiary/aromatic N) is 1. The standard InChI is InChI=1S/C39H65BrN2O6.C11H10O.CH4/c1-4-6-7-8-9-10-11-12-13-14-15-16-17-18-22-25-37(44)48-35(29-46-31(3)43)30-47-39(45)32-26-33(38(41)36(40)27-32)28-42(5-2)34-23-20-19-21-24-34;1-12-11-7-6-9-4-2-3-5-10(9)8-11;/h26-27,34-35H,4-25,28-30,41H2,1-3H3;2-8H,1H3;1H4. The van der Waals surface area contributed by atoms with Gasteiger partial charge in [0.2, 0.25) is 0 Å². The van der Waals surface area contributed by atoms with E-state index in [0.29, 0.717) is 28.3 Å². The van der Waals surface area contributed by atoms with Gasteiger partial charge >= 0.3 is 17.9 Å². The first-order chi connectivity index (χ1) is 29.1. The average Bonchev–Trinajstić information content (AvgIpc) is 3.26. The van der Waals surface area contributed by atoms with Crippen LogP contribution in [0.2, 0.25) is 0 Å². The monoisotopic (exact) mass is 911 g/mol. The Morgan fingerprint density at radius 3 is 1.90 bits per heavy atom. The predicted molar refractivity (Wildman–Crippen MR) is 255 cm³/mol. The maximum Gasteiger partial charge on any atom is 0.338 e. The predicted octanol–water partition coefficient (Wildman–Crippen LogP) is 13.6. The third-order valence-corrected chi connectivity index (χ3v) is 12.1. The second-order valence-electron chi connectivity index (χ2n) is 16.3. The van der Waals surface area contributed by atoms with Crippen LogP contribution in [-0.2, 0) is 30.3 Å². The lowest BCUT2D eigenvalue weighted by Gasteiger charge is -2.34. The molecule has 0 bridgehead atoms. The van der Waals surface area contributed by atoms with E-state index >= 15 is 0 Å². The summed E-state index contributed by atoms with van der Waals surface area (Å²) in [5.74, 6) is -0.509. The molecule has 0 saturated heterocycles. The van der Waals surface area contributed by atoms with Crippen LogP contribution in [0.5, 0.6) is 5.75 Å². The SMILES string of the molecule is C.CCCCCCCCCCCCCCCCCC(=O)OC(COC(C)=O)COC(=O)c1cc(Br)c(N)c(CN(CC)C2CCCCC2)c1.COc1ccc2ccccc2c1. The van der Waals surface area contributed by atoms with E-state index in [9.17, 15) is 14.4 Å². The second kappa shape index (κ2) is 32.1. The molecule has 0 spiro atoms. The number of hydrogen-bond acceptors (Lipinski definition) is 9. The maximum atomic E-state index is 13.1. The van der Waals surface area contributed by atoms with Crippen molar-refractivity contribution < 1.29 is 33.3 Å². The Labute approximate surface area is 377 Å². The lowest BCUT2D eigenvalue weighted by molar-refractivity contribution is -0.160. The lowest BCUT2D eigenvalue weighted by atomic mass is 9.93. The number of carbonyl (C=O) groups excluding carboxylic acids is 3. The van der Waals surface area contributed by atoms with Gasteiger partial charge in [-0.15, -0.1) is 0 Å². The van der Waals surface area contributed by atoms with Crippen LogP contribution in [0.1, 0.15) is 179 Å². The van der Waals surface area contributed by atoms with Gasteiger partial charge in [-0.2, -0.15) is 0 Å². The molecule has 9 nitrogen and oxygen atoms in total. The molecule has 1 saturated carbocycles. The molecule has 0 radical (unpaired) electrons. The molecule has 2 N–H and O–H groups in total. The fraction of sp³-hybridized carbons (Fsp3) is 0.627. The summed E-state index contributed by atoms with van der Waals surface area (Å²) in [7, 11) is 1.68. The molecule has 0 aliphatic heterocycles. The molecule has 0 heterocycles. The Hall–Kier alpha value is -3.63. The van der Waals surface area contributed by atoms with Crippen LogP contribution in [0.25, 0.3) is 10.8 Å². The van der Waals surface area contributed by atoms with Gasteiger partial charge in [0.15, 0.2) is 6.10 Å². The Morgan fingerprint density at radius 2 is 1.33 bits per heavy atom. The number of esters is 3. The highest BCUT2D eigenvalue weighted by molar-refractivity contribution is 9.10. The summed E-state index contributed by atoms with van der Waals surface area (Å²) in [6, 6.07) is 18.3. The van der Waals surface area contributed by atoms with Gasteiger partial charge in [0.05, 0.1) is 18.4 Å². The Balaban J connectivity index is 0.000000834. The van der Waals surface area contributed by atoms with Crippen LogP contribution in [0.3, 0.4) is 0 Å². The van der Waals surface area contributed by atoms with Crippen LogP contribution in [-0.4, -0.2) is 61.8 Å². The normalized spacial score (nSPS) is 13.1. The number of carbonyl (C=O) groups is 3. The number of rotatable bonds is 27. The molecule has 1 unspecified atom stereocenters. The van der Waals surface area contributed by atoms with Crippen LogP contribution in [0, 0.1) is 0 Å². The number of fused-ring (bicyclic) bond motifs is 1. The van der Waals surface area contributed by atoms with E-state index in [-0.39, 0.29) is 33.0 Å². The molecule has 3 aromatic rings. The highest BCUT2D eigenvalue weighted by atomic mass is 79.9. The minimum Gasteiger partial charge on any atom is -0.497 e. The molecular formula is C51H79BrN2O7. The number of anilines is 1. The van der Waals surface area contributed by atoms with E-state index in [2.05, 4.69) is 52.9 Å². The van der Waals surface area contributed by atoms with Crippen molar-refractivity contribution in [2.24, 2.45) is 0 Å². The van der Waals surface area contributed by atoms with E-state index in [1.165, 1.54) is 127 Å². The van der Waals surface area contributed by atoms with E-state index in [1.54, 1.807) is 19.2 Å². The number of unbranched alkanes of at least 4 members (excludes halogenated alkanes) is 14. The van der Waals surface area contributed by atoms with Crippen LogP contribution in [0.4, 0.5) is 5.69 Å². The number of benzene rings is 3. The minimum atomic E-state index is -0.875. The van der Waals surface area contributed by atoms with Crippen molar-refractivity contribution in [3.8, 4) is 5.75 Å². The van der Waals surface area contributed by atoms with Gasteiger partial charge in [0.1, 0.15) is 19.0 Å². The summed E-state index contributed by atoms with van der Waals surface area (Å²) < 4.78 is 22.0. The van der Waals surface area contributed by atoms with Crippen molar-refractivity contribution in [1.82, 2.24) is 4.90 Å². The van der Waals surface area contributed by atoms with Crippen molar-refractivity contribution in [3.05, 3.63) is 70.2 Å². The third-order valence-electron chi connectivity index (χ3n) is 11.4. The van der Waals surface area contributed by atoms with Crippen molar-refractivity contribution in [2.45, 2.75) is 182 Å². The molecule has 10 heteroatoms. The smallest absolute Gasteiger partial charge is 0.338 e. The quantitative estimate of drug-likeness (QED) is 0.0345. The summed E-state index contributed by atoms with van der Waals surface area (Å²) in [6.07, 6.45) is 24.4. The zero-order chi connectivity index (χ0) is 43.4. The van der Waals surface area contributed by atoms with E-state index in [1.807, 2.05) is 24.3 Å². The first kappa shape index (κ1) is 53.5. The average molecular weight is 912 g/mol. The molecule has 61 heavy (non-hydrogen) atoms. The molecular weight excluding hydrogens is 832 g/mol. The zero-order valence-electron chi connectivity index (χ0n) is 37.3.